The van der Waals surface area contributed by atoms with Gasteiger partial charge in [0.25, 0.3) is 0 Å². The average Bonchev–Trinajstić information content (AvgIpc) is 2.78. The van der Waals surface area contributed by atoms with Crippen LogP contribution < -0.4 is 5.32 Å². The third-order valence-electron chi connectivity index (χ3n) is 5.42. The summed E-state index contributed by atoms with van der Waals surface area (Å²) in [5.41, 5.74) is 1.99. The fraction of sp³-hybridized carbons (Fsp3) is 0.292. The fourth-order valence-electron chi connectivity index (χ4n) is 3.88. The van der Waals surface area contributed by atoms with Gasteiger partial charge in [0, 0.05) is 42.7 Å². The first-order chi connectivity index (χ1) is 15.0. The summed E-state index contributed by atoms with van der Waals surface area (Å²) < 4.78 is 13.6. The van der Waals surface area contributed by atoms with Crippen molar-refractivity contribution in [2.45, 2.75) is 32.1 Å². The molecule has 2 heterocycles. The van der Waals surface area contributed by atoms with Gasteiger partial charge in [-0.3, -0.25) is 4.79 Å². The molecule has 2 N–H and O–H groups in total. The number of amides is 1. The molecule has 0 saturated carbocycles. The van der Waals surface area contributed by atoms with Crippen LogP contribution in [0.3, 0.4) is 0 Å². The van der Waals surface area contributed by atoms with Crippen LogP contribution in [0.2, 0.25) is 0 Å². The Morgan fingerprint density at radius 2 is 2.03 bits per heavy atom. The number of aromatic hydroxyl groups is 1. The van der Waals surface area contributed by atoms with Gasteiger partial charge < -0.3 is 15.3 Å². The van der Waals surface area contributed by atoms with Crippen molar-refractivity contribution in [3.8, 4) is 17.0 Å². The van der Waals surface area contributed by atoms with E-state index < -0.39 is 0 Å². The molecule has 0 aliphatic carbocycles. The number of anilines is 2. The van der Waals surface area contributed by atoms with Crippen molar-refractivity contribution in [1.82, 2.24) is 14.9 Å². The topological polar surface area (TPSA) is 78.4 Å². The van der Waals surface area contributed by atoms with Crippen molar-refractivity contribution in [2.75, 3.05) is 18.4 Å². The molecule has 1 unspecified atom stereocenters. The molecular weight excluding hydrogens is 395 g/mol. The number of hydrogen-bond donors (Lipinski definition) is 2. The summed E-state index contributed by atoms with van der Waals surface area (Å²) in [7, 11) is 0. The van der Waals surface area contributed by atoms with Crippen LogP contribution in [0.25, 0.3) is 11.3 Å². The highest BCUT2D eigenvalue weighted by Gasteiger charge is 2.26. The highest BCUT2D eigenvalue weighted by atomic mass is 19.1. The van der Waals surface area contributed by atoms with E-state index in [1.54, 1.807) is 36.4 Å². The maximum Gasteiger partial charge on any atom is 0.222 e. The molecule has 0 radical (unpaired) electrons. The molecule has 7 heteroatoms. The van der Waals surface area contributed by atoms with Crippen LogP contribution in [0, 0.1) is 5.82 Å². The Labute approximate surface area is 180 Å². The number of rotatable bonds is 5. The second-order valence-corrected chi connectivity index (χ2v) is 7.71. The zero-order valence-electron chi connectivity index (χ0n) is 17.4. The highest BCUT2D eigenvalue weighted by Crippen LogP contribution is 2.30. The molecule has 4 rings (SSSR count). The third-order valence-corrected chi connectivity index (χ3v) is 5.42. The summed E-state index contributed by atoms with van der Waals surface area (Å²) in [5, 5.41) is 13.1. The molecule has 1 aromatic heterocycles. The standard InChI is InChI=1S/C24H25FN4O2/c1-2-23(31)29-11-5-7-17(15-29)24-27-21(16-6-3-10-20(30)12-16)14-22(28-24)26-19-9-4-8-18(25)13-19/h3-4,6,8-10,12-14,17,30H,2,5,7,11,15H2,1H3,(H,26,27,28). The summed E-state index contributed by atoms with van der Waals surface area (Å²) in [6.07, 6.45) is 2.25. The first-order valence-corrected chi connectivity index (χ1v) is 10.5. The lowest BCUT2D eigenvalue weighted by Crippen LogP contribution is -2.39. The Morgan fingerprint density at radius 3 is 2.81 bits per heavy atom. The number of nitrogens with zero attached hydrogens (tertiary/aromatic N) is 3. The van der Waals surface area contributed by atoms with Crippen molar-refractivity contribution in [2.24, 2.45) is 0 Å². The summed E-state index contributed by atoms with van der Waals surface area (Å²) in [5.74, 6) is 1.12. The van der Waals surface area contributed by atoms with Crippen molar-refractivity contribution < 1.29 is 14.3 Å². The van der Waals surface area contributed by atoms with Crippen molar-refractivity contribution >= 4 is 17.4 Å². The molecule has 1 saturated heterocycles. The molecule has 1 aliphatic rings. The van der Waals surface area contributed by atoms with Gasteiger partial charge in [0.15, 0.2) is 0 Å². The van der Waals surface area contributed by atoms with Gasteiger partial charge in [-0.25, -0.2) is 14.4 Å². The Balaban J connectivity index is 1.71. The van der Waals surface area contributed by atoms with E-state index in [1.807, 2.05) is 17.9 Å². The lowest BCUT2D eigenvalue weighted by atomic mass is 9.96. The van der Waals surface area contributed by atoms with Gasteiger partial charge >= 0.3 is 0 Å². The van der Waals surface area contributed by atoms with Crippen LogP contribution in [0.4, 0.5) is 15.9 Å². The number of hydrogen-bond acceptors (Lipinski definition) is 5. The van der Waals surface area contributed by atoms with E-state index in [9.17, 15) is 14.3 Å². The highest BCUT2D eigenvalue weighted by molar-refractivity contribution is 5.76. The summed E-state index contributed by atoms with van der Waals surface area (Å²) in [6, 6.07) is 14.8. The second kappa shape index (κ2) is 9.12. The zero-order chi connectivity index (χ0) is 21.8. The Bertz CT molecular complexity index is 1090. The molecule has 2 aromatic carbocycles. The molecule has 3 aromatic rings. The van der Waals surface area contributed by atoms with E-state index in [2.05, 4.69) is 5.32 Å². The summed E-state index contributed by atoms with van der Waals surface area (Å²) in [4.78, 5) is 23.6. The van der Waals surface area contributed by atoms with Crippen LogP contribution in [0.5, 0.6) is 5.75 Å². The number of phenols is 1. The Morgan fingerprint density at radius 1 is 1.19 bits per heavy atom. The number of benzene rings is 2. The van der Waals surface area contributed by atoms with Crippen molar-refractivity contribution in [1.29, 1.82) is 0 Å². The molecule has 0 bridgehead atoms. The van der Waals surface area contributed by atoms with Crippen LogP contribution in [-0.2, 0) is 4.79 Å². The smallest absolute Gasteiger partial charge is 0.222 e. The van der Waals surface area contributed by atoms with Gasteiger partial charge in [0.1, 0.15) is 23.2 Å². The predicted molar refractivity (Wildman–Crippen MR) is 118 cm³/mol. The van der Waals surface area contributed by atoms with E-state index in [1.165, 1.54) is 12.1 Å². The van der Waals surface area contributed by atoms with Crippen LogP contribution in [-0.4, -0.2) is 39.0 Å². The van der Waals surface area contributed by atoms with Gasteiger partial charge in [-0.1, -0.05) is 25.1 Å². The quantitative estimate of drug-likeness (QED) is 0.617. The number of aromatic nitrogens is 2. The second-order valence-electron chi connectivity index (χ2n) is 7.71. The zero-order valence-corrected chi connectivity index (χ0v) is 17.4. The Hall–Kier alpha value is -3.48. The number of piperidine rings is 1. The number of carbonyl (C=O) groups excluding carboxylic acids is 1. The fourth-order valence-corrected chi connectivity index (χ4v) is 3.88. The van der Waals surface area contributed by atoms with Gasteiger partial charge in [-0.15, -0.1) is 0 Å². The number of nitrogens with one attached hydrogen (secondary N) is 1. The minimum absolute atomic E-state index is 0.00886. The molecule has 6 nitrogen and oxygen atoms in total. The molecule has 1 amide bonds. The minimum atomic E-state index is -0.339. The largest absolute Gasteiger partial charge is 0.508 e. The van der Waals surface area contributed by atoms with Gasteiger partial charge in [-0.2, -0.15) is 0 Å². The number of likely N-dealkylation sites (tertiary alicyclic amines) is 1. The number of phenolic OH excluding ortho intramolecular Hbond substituents is 1. The van der Waals surface area contributed by atoms with E-state index in [0.29, 0.717) is 36.0 Å². The minimum Gasteiger partial charge on any atom is -0.508 e. The van der Waals surface area contributed by atoms with Gasteiger partial charge in [-0.05, 0) is 43.2 Å². The maximum absolute atomic E-state index is 13.6. The predicted octanol–water partition coefficient (Wildman–Crippen LogP) is 4.85. The first-order valence-electron chi connectivity index (χ1n) is 10.5. The third kappa shape index (κ3) is 4.99. The van der Waals surface area contributed by atoms with E-state index in [-0.39, 0.29) is 23.4 Å². The summed E-state index contributed by atoms with van der Waals surface area (Å²) >= 11 is 0. The molecule has 160 valence electrons. The monoisotopic (exact) mass is 420 g/mol. The van der Waals surface area contributed by atoms with Gasteiger partial charge in [0.2, 0.25) is 5.91 Å². The van der Waals surface area contributed by atoms with E-state index in [0.717, 1.165) is 24.9 Å². The molecule has 1 fully saturated rings. The van der Waals surface area contributed by atoms with E-state index in [4.69, 9.17) is 9.97 Å². The van der Waals surface area contributed by atoms with E-state index >= 15 is 0 Å². The number of carbonyl (C=O) groups is 1. The van der Waals surface area contributed by atoms with Crippen LogP contribution in [0.15, 0.2) is 54.6 Å². The van der Waals surface area contributed by atoms with Gasteiger partial charge in [0.05, 0.1) is 5.69 Å². The SMILES string of the molecule is CCC(=O)N1CCCC(c2nc(Nc3cccc(F)c3)cc(-c3cccc(O)c3)n2)C1. The van der Waals surface area contributed by atoms with Crippen LogP contribution >= 0.6 is 0 Å². The molecular formula is C24H25FN4O2. The van der Waals surface area contributed by atoms with Crippen molar-refractivity contribution in [3.05, 3.63) is 66.2 Å². The average molecular weight is 420 g/mol. The lowest BCUT2D eigenvalue weighted by molar-refractivity contribution is -0.132. The molecule has 0 spiro atoms. The summed E-state index contributed by atoms with van der Waals surface area (Å²) in [6.45, 7) is 3.20. The number of halogens is 1. The Kier molecular flexibility index (Phi) is 6.11. The van der Waals surface area contributed by atoms with Crippen molar-refractivity contribution in [3.63, 3.8) is 0 Å². The normalized spacial score (nSPS) is 16.2. The molecule has 1 aliphatic heterocycles. The molecule has 1 atom stereocenters. The first kappa shape index (κ1) is 20.8. The molecule has 31 heavy (non-hydrogen) atoms. The maximum atomic E-state index is 13.6. The lowest BCUT2D eigenvalue weighted by Gasteiger charge is -2.32. The van der Waals surface area contributed by atoms with Crippen LogP contribution in [0.1, 0.15) is 37.9 Å².